The highest BCUT2D eigenvalue weighted by atomic mass is 28.4. The van der Waals surface area contributed by atoms with Crippen LogP contribution >= 0.6 is 0 Å². The number of ether oxygens (including phenoxy) is 1. The Balaban J connectivity index is 2.15. The van der Waals surface area contributed by atoms with Gasteiger partial charge >= 0.3 is 8.41 Å². The summed E-state index contributed by atoms with van der Waals surface area (Å²) in [4.78, 5) is 0. The minimum Gasteiger partial charge on any atom is -0.380 e. The standard InChI is InChI=1S/C23H37FN5OSi/c1-9-30-14-13-28-16-19(25-26-28)17-29-20(15-18-11-10-12-27(8)21(18)29)31(24,22(2,3)4)23(5,6)7/h10-12,15-16H,9,13-14,17H2,1-8H3/q+1. The van der Waals surface area contributed by atoms with Crippen LogP contribution in [0.3, 0.4) is 0 Å². The van der Waals surface area contributed by atoms with Crippen molar-refractivity contribution in [2.45, 2.75) is 71.6 Å². The van der Waals surface area contributed by atoms with Gasteiger partial charge in [-0.3, -0.25) is 0 Å². The van der Waals surface area contributed by atoms with Gasteiger partial charge in [0.1, 0.15) is 17.6 Å². The van der Waals surface area contributed by atoms with Crippen molar-refractivity contribution in [1.29, 1.82) is 0 Å². The SMILES string of the molecule is CCOCCn1cc(Cn2c([Si](F)(C(C)(C)C)C(C)(C)C)cc3ccc[n+](C)c32)nn1. The summed E-state index contributed by atoms with van der Waals surface area (Å²) in [5.74, 6) is 0. The van der Waals surface area contributed by atoms with Gasteiger partial charge in [-0.1, -0.05) is 46.8 Å². The number of aromatic nitrogens is 5. The topological polar surface area (TPSA) is 48.8 Å². The first-order valence-corrected chi connectivity index (χ1v) is 12.9. The van der Waals surface area contributed by atoms with Crippen LogP contribution in [-0.2, 0) is 24.9 Å². The number of halogens is 1. The van der Waals surface area contributed by atoms with Crippen LogP contribution in [0.5, 0.6) is 0 Å². The molecule has 170 valence electrons. The zero-order chi connectivity index (χ0) is 23.0. The number of pyridine rings is 1. The molecule has 0 bridgehead atoms. The van der Waals surface area contributed by atoms with E-state index in [4.69, 9.17) is 4.74 Å². The van der Waals surface area contributed by atoms with Gasteiger partial charge < -0.3 is 8.84 Å². The summed E-state index contributed by atoms with van der Waals surface area (Å²) in [6.45, 7) is 16.6. The van der Waals surface area contributed by atoms with E-state index < -0.39 is 18.5 Å². The molecule has 0 saturated heterocycles. The molecule has 0 amide bonds. The van der Waals surface area contributed by atoms with E-state index in [-0.39, 0.29) is 0 Å². The van der Waals surface area contributed by atoms with Gasteiger partial charge in [0.05, 0.1) is 38.0 Å². The smallest absolute Gasteiger partial charge is 0.330 e. The lowest BCUT2D eigenvalue weighted by atomic mass is 10.2. The number of aryl methyl sites for hydroxylation is 1. The van der Waals surface area contributed by atoms with Gasteiger partial charge in [-0.05, 0) is 35.2 Å². The average Bonchev–Trinajstić information content (AvgIpc) is 3.25. The van der Waals surface area contributed by atoms with Crippen LogP contribution in [-0.4, -0.2) is 41.2 Å². The molecule has 3 aromatic heterocycles. The zero-order valence-electron chi connectivity index (χ0n) is 20.2. The number of hydrogen-bond donors (Lipinski definition) is 0. The molecular formula is C23H37FN5OSi+. The Morgan fingerprint density at radius 1 is 1.16 bits per heavy atom. The fourth-order valence-electron chi connectivity index (χ4n) is 4.75. The van der Waals surface area contributed by atoms with E-state index in [1.807, 2.05) is 74.0 Å². The summed E-state index contributed by atoms with van der Waals surface area (Å²) in [6, 6.07) is 6.14. The molecule has 3 rings (SSSR count). The van der Waals surface area contributed by atoms with Crippen LogP contribution < -0.4 is 9.88 Å². The van der Waals surface area contributed by atoms with E-state index in [1.165, 1.54) is 0 Å². The average molecular weight is 447 g/mol. The highest BCUT2D eigenvalue weighted by Crippen LogP contribution is 2.51. The van der Waals surface area contributed by atoms with Gasteiger partial charge in [0.2, 0.25) is 0 Å². The predicted octanol–water partition coefficient (Wildman–Crippen LogP) is 3.86. The Labute approximate surface area is 186 Å². The van der Waals surface area contributed by atoms with Crippen molar-refractivity contribution in [2.75, 3.05) is 13.2 Å². The fraction of sp³-hybridized carbons (Fsp3) is 0.609. The number of nitrogens with zero attached hydrogens (tertiary/aromatic N) is 5. The Morgan fingerprint density at radius 2 is 1.84 bits per heavy atom. The molecule has 8 heteroatoms. The minimum atomic E-state index is -3.48. The van der Waals surface area contributed by atoms with E-state index in [0.29, 0.717) is 26.3 Å². The maximum atomic E-state index is 17.3. The normalized spacial score (nSPS) is 13.3. The summed E-state index contributed by atoms with van der Waals surface area (Å²) in [6.07, 6.45) is 3.95. The molecule has 0 aromatic carbocycles. The monoisotopic (exact) mass is 446 g/mol. The van der Waals surface area contributed by atoms with Gasteiger partial charge in [0.25, 0.3) is 5.65 Å². The highest BCUT2D eigenvalue weighted by molar-refractivity contribution is 6.90. The van der Waals surface area contributed by atoms with Crippen LogP contribution in [0, 0.1) is 0 Å². The number of rotatable bonds is 7. The summed E-state index contributed by atoms with van der Waals surface area (Å²) in [5.41, 5.74) is 1.82. The Bertz CT molecular complexity index is 1030. The molecule has 0 spiro atoms. The maximum Gasteiger partial charge on any atom is 0.330 e. The van der Waals surface area contributed by atoms with Crippen molar-refractivity contribution in [3.8, 4) is 0 Å². The third kappa shape index (κ3) is 4.32. The molecule has 0 saturated carbocycles. The van der Waals surface area contributed by atoms with Gasteiger partial charge in [-0.2, -0.15) is 0 Å². The zero-order valence-corrected chi connectivity index (χ0v) is 21.2. The molecule has 0 aliphatic carbocycles. The van der Waals surface area contributed by atoms with E-state index >= 15 is 4.11 Å². The number of fused-ring (bicyclic) bond motifs is 1. The van der Waals surface area contributed by atoms with Crippen molar-refractivity contribution in [3.05, 3.63) is 36.3 Å². The van der Waals surface area contributed by atoms with E-state index in [1.54, 1.807) is 4.68 Å². The molecule has 0 atom stereocenters. The van der Waals surface area contributed by atoms with Crippen LogP contribution in [0.25, 0.3) is 11.0 Å². The van der Waals surface area contributed by atoms with E-state index in [0.717, 1.165) is 22.0 Å². The Hall–Kier alpha value is -2.06. The van der Waals surface area contributed by atoms with Crippen LogP contribution in [0.1, 0.15) is 54.2 Å². The molecule has 31 heavy (non-hydrogen) atoms. The molecule has 0 radical (unpaired) electrons. The minimum absolute atomic E-state index is 0.467. The Kier molecular flexibility index (Phi) is 6.44. The third-order valence-electron chi connectivity index (χ3n) is 6.01. The lowest BCUT2D eigenvalue weighted by Crippen LogP contribution is -2.60. The number of hydrogen-bond acceptors (Lipinski definition) is 3. The third-order valence-corrected chi connectivity index (χ3v) is 11.3. The second kappa shape index (κ2) is 8.46. The summed E-state index contributed by atoms with van der Waals surface area (Å²) in [5, 5.41) is 9.55. The molecule has 6 nitrogen and oxygen atoms in total. The van der Waals surface area contributed by atoms with Gasteiger partial charge in [-0.25, -0.2) is 13.8 Å². The van der Waals surface area contributed by atoms with Crippen molar-refractivity contribution >= 4 is 24.8 Å². The molecule has 3 aromatic rings. The lowest BCUT2D eigenvalue weighted by Gasteiger charge is -2.43. The molecule has 0 fully saturated rings. The van der Waals surface area contributed by atoms with Crippen molar-refractivity contribution in [1.82, 2.24) is 19.6 Å². The van der Waals surface area contributed by atoms with Crippen molar-refractivity contribution in [3.63, 3.8) is 0 Å². The summed E-state index contributed by atoms with van der Waals surface area (Å²) >= 11 is 0. The first-order valence-electron chi connectivity index (χ1n) is 11.0. The molecular weight excluding hydrogens is 409 g/mol. The second-order valence-electron chi connectivity index (χ2n) is 10.3. The first kappa shape index (κ1) is 23.6. The second-order valence-corrected chi connectivity index (χ2v) is 15.2. The summed E-state index contributed by atoms with van der Waals surface area (Å²) in [7, 11) is -1.47. The summed E-state index contributed by atoms with van der Waals surface area (Å²) < 4.78 is 28.8. The van der Waals surface area contributed by atoms with Gasteiger partial charge in [0, 0.05) is 6.61 Å². The van der Waals surface area contributed by atoms with E-state index in [9.17, 15) is 0 Å². The predicted molar refractivity (Wildman–Crippen MR) is 125 cm³/mol. The first-order chi connectivity index (χ1) is 14.4. The molecule has 3 heterocycles. The quantitative estimate of drug-likeness (QED) is 0.240. The van der Waals surface area contributed by atoms with Crippen molar-refractivity contribution < 1.29 is 13.4 Å². The van der Waals surface area contributed by atoms with Crippen LogP contribution in [0.15, 0.2) is 30.6 Å². The lowest BCUT2D eigenvalue weighted by molar-refractivity contribution is -0.647. The molecule has 0 aliphatic heterocycles. The van der Waals surface area contributed by atoms with Crippen LogP contribution in [0.2, 0.25) is 10.1 Å². The Morgan fingerprint density at radius 3 is 2.45 bits per heavy atom. The van der Waals surface area contributed by atoms with E-state index in [2.05, 4.69) is 31.6 Å². The maximum absolute atomic E-state index is 17.3. The van der Waals surface area contributed by atoms with Gasteiger partial charge in [-0.15, -0.1) is 5.10 Å². The highest BCUT2D eigenvalue weighted by Gasteiger charge is 2.60. The molecule has 0 N–H and O–H groups in total. The van der Waals surface area contributed by atoms with Crippen LogP contribution in [0.4, 0.5) is 4.11 Å². The largest absolute Gasteiger partial charge is 0.380 e. The van der Waals surface area contributed by atoms with Gasteiger partial charge in [0.15, 0.2) is 0 Å². The molecule has 0 unspecified atom stereocenters. The molecule has 0 aliphatic rings. The fourth-order valence-corrected chi connectivity index (χ4v) is 9.44. The van der Waals surface area contributed by atoms with Crippen molar-refractivity contribution in [2.24, 2.45) is 7.05 Å².